The number of hydrogen-bond acceptors (Lipinski definition) is 1. The lowest BCUT2D eigenvalue weighted by Gasteiger charge is -2.19. The molecule has 1 heterocycles. The van der Waals surface area contributed by atoms with E-state index in [4.69, 9.17) is 0 Å². The third-order valence-electron chi connectivity index (χ3n) is 2.78. The van der Waals surface area contributed by atoms with Gasteiger partial charge in [0.05, 0.1) is 0 Å². The number of alkyl halides is 1. The smallest absolute Gasteiger partial charge is 0.149 e. The topological polar surface area (TPSA) is 12.0 Å². The van der Waals surface area contributed by atoms with Crippen molar-refractivity contribution in [2.24, 2.45) is 0 Å². The highest BCUT2D eigenvalue weighted by Crippen LogP contribution is 2.32. The summed E-state index contributed by atoms with van der Waals surface area (Å²) in [6.45, 7) is 2.68. The molecule has 1 saturated heterocycles. The Labute approximate surface area is 82.1 Å². The molecule has 1 atom stereocenters. The average Bonchev–Trinajstić information content (AvgIpc) is 2.58. The summed E-state index contributed by atoms with van der Waals surface area (Å²) in [6.07, 6.45) is 0.470. The summed E-state index contributed by atoms with van der Waals surface area (Å²) < 4.78 is 27.1. The standard InChI is InChI=1S/C11H13F2N/c1-8-6-9(2-3-10(8)12)11(13)4-5-14-7-11/h2-3,6,14H,4-5,7H2,1H3. The van der Waals surface area contributed by atoms with E-state index < -0.39 is 5.67 Å². The second-order valence-corrected chi connectivity index (χ2v) is 3.86. The molecule has 1 aromatic rings. The minimum atomic E-state index is -1.31. The van der Waals surface area contributed by atoms with Crippen LogP contribution in [-0.2, 0) is 5.67 Å². The van der Waals surface area contributed by atoms with Crippen molar-refractivity contribution in [1.29, 1.82) is 0 Å². The number of aryl methyl sites for hydroxylation is 1. The van der Waals surface area contributed by atoms with Gasteiger partial charge < -0.3 is 5.32 Å². The van der Waals surface area contributed by atoms with E-state index in [1.165, 1.54) is 12.1 Å². The summed E-state index contributed by atoms with van der Waals surface area (Å²) in [5, 5.41) is 2.98. The number of rotatable bonds is 1. The van der Waals surface area contributed by atoms with Gasteiger partial charge in [0, 0.05) is 6.54 Å². The fourth-order valence-corrected chi connectivity index (χ4v) is 1.83. The predicted molar refractivity (Wildman–Crippen MR) is 51.4 cm³/mol. The van der Waals surface area contributed by atoms with Crippen LogP contribution >= 0.6 is 0 Å². The number of halogens is 2. The molecule has 3 heteroatoms. The lowest BCUT2D eigenvalue weighted by molar-refractivity contribution is 0.193. The second kappa shape index (κ2) is 3.31. The molecule has 1 aromatic carbocycles. The minimum absolute atomic E-state index is 0.275. The molecule has 1 aliphatic heterocycles. The first-order valence-corrected chi connectivity index (χ1v) is 4.78. The van der Waals surface area contributed by atoms with Crippen molar-refractivity contribution in [3.63, 3.8) is 0 Å². The summed E-state index contributed by atoms with van der Waals surface area (Å²) in [7, 11) is 0. The number of benzene rings is 1. The molecule has 0 aromatic heterocycles. The van der Waals surface area contributed by atoms with Gasteiger partial charge in [0.25, 0.3) is 0 Å². The lowest BCUT2D eigenvalue weighted by atomic mass is 9.93. The molecule has 0 spiro atoms. The van der Waals surface area contributed by atoms with E-state index in [-0.39, 0.29) is 5.82 Å². The van der Waals surface area contributed by atoms with Crippen LogP contribution in [0.4, 0.5) is 8.78 Å². The maximum Gasteiger partial charge on any atom is 0.149 e. The lowest BCUT2D eigenvalue weighted by Crippen LogP contribution is -2.23. The molecule has 0 bridgehead atoms. The van der Waals surface area contributed by atoms with Crippen molar-refractivity contribution >= 4 is 0 Å². The van der Waals surface area contributed by atoms with Crippen LogP contribution in [0.25, 0.3) is 0 Å². The number of hydrogen-bond donors (Lipinski definition) is 1. The largest absolute Gasteiger partial charge is 0.313 e. The van der Waals surface area contributed by atoms with Gasteiger partial charge in [-0.2, -0.15) is 0 Å². The summed E-state index contributed by atoms with van der Waals surface area (Å²) in [6, 6.07) is 4.47. The predicted octanol–water partition coefficient (Wildman–Crippen LogP) is 2.29. The minimum Gasteiger partial charge on any atom is -0.313 e. The Kier molecular flexibility index (Phi) is 2.27. The van der Waals surface area contributed by atoms with Gasteiger partial charge in [-0.1, -0.05) is 6.07 Å². The highest BCUT2D eigenvalue weighted by molar-refractivity contribution is 5.30. The Morgan fingerprint density at radius 1 is 1.43 bits per heavy atom. The Balaban J connectivity index is 2.36. The molecule has 0 aliphatic carbocycles. The van der Waals surface area contributed by atoms with Crippen LogP contribution in [0, 0.1) is 12.7 Å². The monoisotopic (exact) mass is 197 g/mol. The van der Waals surface area contributed by atoms with Crippen molar-refractivity contribution in [1.82, 2.24) is 5.32 Å². The highest BCUT2D eigenvalue weighted by Gasteiger charge is 2.35. The van der Waals surface area contributed by atoms with Gasteiger partial charge in [0.1, 0.15) is 11.5 Å². The van der Waals surface area contributed by atoms with Crippen molar-refractivity contribution in [3.8, 4) is 0 Å². The average molecular weight is 197 g/mol. The fraction of sp³-hybridized carbons (Fsp3) is 0.455. The first-order chi connectivity index (χ1) is 6.62. The van der Waals surface area contributed by atoms with Crippen molar-refractivity contribution < 1.29 is 8.78 Å². The molecule has 1 aliphatic rings. The third-order valence-corrected chi connectivity index (χ3v) is 2.78. The Hall–Kier alpha value is -0.960. The molecule has 0 saturated carbocycles. The molecule has 1 unspecified atom stereocenters. The summed E-state index contributed by atoms with van der Waals surface area (Å²) in [4.78, 5) is 0. The van der Waals surface area contributed by atoms with Crippen molar-refractivity contribution in [2.75, 3.05) is 13.1 Å². The van der Waals surface area contributed by atoms with Crippen LogP contribution in [0.15, 0.2) is 18.2 Å². The van der Waals surface area contributed by atoms with E-state index in [9.17, 15) is 8.78 Å². The number of nitrogens with one attached hydrogen (secondary N) is 1. The molecule has 76 valence electrons. The van der Waals surface area contributed by atoms with Gasteiger partial charge in [-0.15, -0.1) is 0 Å². The summed E-state index contributed by atoms with van der Waals surface area (Å²) in [5.74, 6) is -0.275. The zero-order chi connectivity index (χ0) is 10.2. The molecule has 14 heavy (non-hydrogen) atoms. The normalized spacial score (nSPS) is 26.8. The maximum atomic E-state index is 14.2. The van der Waals surface area contributed by atoms with Gasteiger partial charge in [0.2, 0.25) is 0 Å². The van der Waals surface area contributed by atoms with Gasteiger partial charge >= 0.3 is 0 Å². The van der Waals surface area contributed by atoms with Crippen molar-refractivity contribution in [2.45, 2.75) is 19.0 Å². The molecule has 0 amide bonds. The molecule has 1 fully saturated rings. The van der Waals surface area contributed by atoms with Crippen LogP contribution < -0.4 is 5.32 Å². The van der Waals surface area contributed by atoms with Gasteiger partial charge in [-0.05, 0) is 43.1 Å². The maximum absolute atomic E-state index is 14.2. The highest BCUT2D eigenvalue weighted by atomic mass is 19.1. The third kappa shape index (κ3) is 1.52. The molecular weight excluding hydrogens is 184 g/mol. The molecular formula is C11H13F2N. The van der Waals surface area contributed by atoms with Gasteiger partial charge in [-0.3, -0.25) is 0 Å². The van der Waals surface area contributed by atoms with E-state index in [0.29, 0.717) is 30.6 Å². The van der Waals surface area contributed by atoms with E-state index in [0.717, 1.165) is 0 Å². The summed E-state index contributed by atoms with van der Waals surface area (Å²) in [5.41, 5.74) is -0.217. The Morgan fingerprint density at radius 2 is 2.21 bits per heavy atom. The van der Waals surface area contributed by atoms with E-state index in [2.05, 4.69) is 5.32 Å². The van der Waals surface area contributed by atoms with E-state index in [1.807, 2.05) is 0 Å². The van der Waals surface area contributed by atoms with Crippen LogP contribution in [-0.4, -0.2) is 13.1 Å². The van der Waals surface area contributed by atoms with E-state index >= 15 is 0 Å². The quantitative estimate of drug-likeness (QED) is 0.728. The second-order valence-electron chi connectivity index (χ2n) is 3.86. The fourth-order valence-electron chi connectivity index (χ4n) is 1.83. The molecule has 1 nitrogen and oxygen atoms in total. The first-order valence-electron chi connectivity index (χ1n) is 4.78. The van der Waals surface area contributed by atoms with Gasteiger partial charge in [0.15, 0.2) is 0 Å². The van der Waals surface area contributed by atoms with Crippen LogP contribution in [0.2, 0.25) is 0 Å². The first kappa shape index (κ1) is 9.59. The SMILES string of the molecule is Cc1cc(C2(F)CCNC2)ccc1F. The summed E-state index contributed by atoms with van der Waals surface area (Å²) >= 11 is 0. The molecule has 2 rings (SSSR count). The van der Waals surface area contributed by atoms with Crippen LogP contribution in [0.3, 0.4) is 0 Å². The molecule has 1 N–H and O–H groups in total. The van der Waals surface area contributed by atoms with Crippen molar-refractivity contribution in [3.05, 3.63) is 35.1 Å². The zero-order valence-corrected chi connectivity index (χ0v) is 8.11. The van der Waals surface area contributed by atoms with E-state index in [1.54, 1.807) is 13.0 Å². The van der Waals surface area contributed by atoms with Gasteiger partial charge in [-0.25, -0.2) is 8.78 Å². The zero-order valence-electron chi connectivity index (χ0n) is 8.11. The Morgan fingerprint density at radius 3 is 2.79 bits per heavy atom. The van der Waals surface area contributed by atoms with Crippen LogP contribution in [0.5, 0.6) is 0 Å². The van der Waals surface area contributed by atoms with Crippen LogP contribution in [0.1, 0.15) is 17.5 Å². The molecule has 0 radical (unpaired) electrons. The Bertz CT molecular complexity index is 343.